The van der Waals surface area contributed by atoms with E-state index >= 15 is 0 Å². The Morgan fingerprint density at radius 2 is 1.91 bits per heavy atom. The zero-order valence-electron chi connectivity index (χ0n) is 13.0. The van der Waals surface area contributed by atoms with Gasteiger partial charge in [-0.05, 0) is 31.2 Å². The smallest absolute Gasteiger partial charge is 0.219 e. The third-order valence-corrected chi connectivity index (χ3v) is 6.34. The van der Waals surface area contributed by atoms with Gasteiger partial charge in [-0.15, -0.1) is 0 Å². The lowest BCUT2D eigenvalue weighted by Crippen LogP contribution is -2.35. The molecule has 0 unspecified atom stereocenters. The first-order chi connectivity index (χ1) is 10.8. The molecule has 0 atom stereocenters. The quantitative estimate of drug-likeness (QED) is 0.806. The summed E-state index contributed by atoms with van der Waals surface area (Å²) in [5, 5.41) is 0.535. The van der Waals surface area contributed by atoms with Crippen LogP contribution in [0.1, 0.15) is 13.3 Å². The Morgan fingerprint density at radius 1 is 1.17 bits per heavy atom. The number of hydrogen-bond donors (Lipinski definition) is 0. The van der Waals surface area contributed by atoms with Crippen LogP contribution in [0.25, 0.3) is 0 Å². The van der Waals surface area contributed by atoms with Crippen LogP contribution in [0.5, 0.6) is 0 Å². The van der Waals surface area contributed by atoms with E-state index in [9.17, 15) is 13.2 Å². The second-order valence-electron chi connectivity index (χ2n) is 5.59. The molecule has 1 aliphatic rings. The van der Waals surface area contributed by atoms with Crippen molar-refractivity contribution in [1.29, 1.82) is 0 Å². The van der Waals surface area contributed by atoms with E-state index in [1.807, 2.05) is 0 Å². The highest BCUT2D eigenvalue weighted by atomic mass is 35.5. The molecule has 0 aliphatic carbocycles. The van der Waals surface area contributed by atoms with Gasteiger partial charge < -0.3 is 9.80 Å². The Kier molecular flexibility index (Phi) is 6.31. The molecule has 0 bridgehead atoms. The van der Waals surface area contributed by atoms with Crippen molar-refractivity contribution in [2.75, 3.05) is 38.5 Å². The zero-order valence-corrected chi connectivity index (χ0v) is 15.3. The highest BCUT2D eigenvalue weighted by Gasteiger charge is 2.22. The number of carbonyl (C=O) groups excluding carboxylic acids is 1. The van der Waals surface area contributed by atoms with Gasteiger partial charge in [0.2, 0.25) is 5.91 Å². The van der Waals surface area contributed by atoms with Crippen LogP contribution >= 0.6 is 23.2 Å². The lowest BCUT2D eigenvalue weighted by atomic mass is 10.4. The van der Waals surface area contributed by atoms with Crippen LogP contribution in [0.2, 0.25) is 10.0 Å². The topological polar surface area (TPSA) is 57.7 Å². The summed E-state index contributed by atoms with van der Waals surface area (Å²) in [4.78, 5) is 15.4. The van der Waals surface area contributed by atoms with Crippen LogP contribution in [-0.4, -0.2) is 62.6 Å². The summed E-state index contributed by atoms with van der Waals surface area (Å²) in [5.74, 6) is 0.0397. The molecule has 1 aromatic carbocycles. The zero-order chi connectivity index (χ0) is 17.0. The average Bonchev–Trinajstić information content (AvgIpc) is 2.73. The number of halogens is 2. The van der Waals surface area contributed by atoms with Crippen molar-refractivity contribution in [3.8, 4) is 0 Å². The van der Waals surface area contributed by atoms with Crippen LogP contribution < -0.4 is 0 Å². The molecular weight excluding hydrogens is 359 g/mol. The third-order valence-electron chi connectivity index (χ3n) is 3.94. The Labute approximate surface area is 147 Å². The van der Waals surface area contributed by atoms with E-state index in [4.69, 9.17) is 23.2 Å². The number of sulfone groups is 1. The minimum Gasteiger partial charge on any atom is -0.342 e. The van der Waals surface area contributed by atoms with Crippen LogP contribution in [0, 0.1) is 0 Å². The molecule has 1 aliphatic heterocycles. The van der Waals surface area contributed by atoms with Crippen molar-refractivity contribution >= 4 is 38.9 Å². The van der Waals surface area contributed by atoms with Gasteiger partial charge >= 0.3 is 0 Å². The van der Waals surface area contributed by atoms with Gasteiger partial charge in [-0.3, -0.25) is 4.79 Å². The highest BCUT2D eigenvalue weighted by Crippen LogP contribution is 2.26. The molecule has 128 valence electrons. The molecule has 1 saturated heterocycles. The fourth-order valence-electron chi connectivity index (χ4n) is 2.58. The summed E-state index contributed by atoms with van der Waals surface area (Å²) in [6.45, 7) is 4.78. The molecule has 1 heterocycles. The standard InChI is InChI=1S/C15H20Cl2N2O3S/c1-12(20)19-6-2-5-18(7-8-19)9-10-23(21,22)15-11-13(16)3-4-14(15)17/h3-4,11H,2,5-10H2,1H3. The van der Waals surface area contributed by atoms with Gasteiger partial charge in [0.1, 0.15) is 0 Å². The number of rotatable bonds is 4. The lowest BCUT2D eigenvalue weighted by molar-refractivity contribution is -0.128. The largest absolute Gasteiger partial charge is 0.342 e. The number of nitrogens with zero attached hydrogens (tertiary/aromatic N) is 2. The van der Waals surface area contributed by atoms with Gasteiger partial charge in [-0.2, -0.15) is 0 Å². The Balaban J connectivity index is 1.99. The summed E-state index contributed by atoms with van der Waals surface area (Å²) in [6.07, 6.45) is 0.845. The van der Waals surface area contributed by atoms with Crippen molar-refractivity contribution in [3.63, 3.8) is 0 Å². The molecule has 5 nitrogen and oxygen atoms in total. The summed E-state index contributed by atoms with van der Waals surface area (Å²) in [6, 6.07) is 4.45. The summed E-state index contributed by atoms with van der Waals surface area (Å²) >= 11 is 11.9. The minimum atomic E-state index is -3.49. The third kappa shape index (κ3) is 5.08. The molecule has 0 saturated carbocycles. The molecule has 0 N–H and O–H groups in total. The van der Waals surface area contributed by atoms with E-state index in [1.165, 1.54) is 12.1 Å². The van der Waals surface area contributed by atoms with Crippen LogP contribution in [0.15, 0.2) is 23.1 Å². The first kappa shape index (κ1) is 18.5. The molecule has 1 fully saturated rings. The van der Waals surface area contributed by atoms with E-state index in [-0.39, 0.29) is 21.6 Å². The van der Waals surface area contributed by atoms with E-state index in [2.05, 4.69) is 4.90 Å². The van der Waals surface area contributed by atoms with Crippen molar-refractivity contribution in [1.82, 2.24) is 9.80 Å². The van der Waals surface area contributed by atoms with Crippen molar-refractivity contribution in [2.24, 2.45) is 0 Å². The second-order valence-corrected chi connectivity index (χ2v) is 8.52. The Bertz CT molecular complexity index is 679. The summed E-state index contributed by atoms with van der Waals surface area (Å²) in [7, 11) is -3.49. The van der Waals surface area contributed by atoms with Crippen LogP contribution in [-0.2, 0) is 14.6 Å². The molecule has 1 aromatic rings. The first-order valence-electron chi connectivity index (χ1n) is 7.45. The highest BCUT2D eigenvalue weighted by molar-refractivity contribution is 7.91. The summed E-state index contributed by atoms with van der Waals surface area (Å²) < 4.78 is 24.9. The van der Waals surface area contributed by atoms with Crippen molar-refractivity contribution in [3.05, 3.63) is 28.2 Å². The van der Waals surface area contributed by atoms with Gasteiger partial charge in [0, 0.05) is 38.1 Å². The summed E-state index contributed by atoms with van der Waals surface area (Å²) in [5.41, 5.74) is 0. The predicted octanol–water partition coefficient (Wildman–Crippen LogP) is 2.32. The van der Waals surface area contributed by atoms with Crippen molar-refractivity contribution in [2.45, 2.75) is 18.2 Å². The molecule has 23 heavy (non-hydrogen) atoms. The van der Waals surface area contributed by atoms with Crippen LogP contribution in [0.3, 0.4) is 0 Å². The molecule has 8 heteroatoms. The Hall–Kier alpha value is -0.820. The molecular formula is C15H20Cl2N2O3S. The van der Waals surface area contributed by atoms with E-state index in [1.54, 1.807) is 17.9 Å². The second kappa shape index (κ2) is 7.83. The van der Waals surface area contributed by atoms with Gasteiger partial charge in [-0.1, -0.05) is 23.2 Å². The molecule has 0 spiro atoms. The van der Waals surface area contributed by atoms with Crippen LogP contribution in [0.4, 0.5) is 0 Å². The fourth-order valence-corrected chi connectivity index (χ4v) is 4.68. The van der Waals surface area contributed by atoms with Gasteiger partial charge in [0.15, 0.2) is 9.84 Å². The number of amides is 1. The van der Waals surface area contributed by atoms with E-state index in [0.29, 0.717) is 24.7 Å². The first-order valence-corrected chi connectivity index (χ1v) is 9.86. The number of carbonyl (C=O) groups is 1. The van der Waals surface area contributed by atoms with Gasteiger partial charge in [0.05, 0.1) is 15.7 Å². The lowest BCUT2D eigenvalue weighted by Gasteiger charge is -2.21. The maximum Gasteiger partial charge on any atom is 0.219 e. The van der Waals surface area contributed by atoms with Crippen molar-refractivity contribution < 1.29 is 13.2 Å². The maximum absolute atomic E-state index is 12.5. The van der Waals surface area contributed by atoms with E-state index < -0.39 is 9.84 Å². The van der Waals surface area contributed by atoms with Gasteiger partial charge in [-0.25, -0.2) is 8.42 Å². The fraction of sp³-hybridized carbons (Fsp3) is 0.533. The molecule has 0 aromatic heterocycles. The minimum absolute atomic E-state index is 0.0207. The average molecular weight is 379 g/mol. The normalized spacial score (nSPS) is 17.1. The van der Waals surface area contributed by atoms with Gasteiger partial charge in [0.25, 0.3) is 0 Å². The number of benzene rings is 1. The molecule has 2 rings (SSSR count). The Morgan fingerprint density at radius 3 is 2.61 bits per heavy atom. The number of hydrogen-bond acceptors (Lipinski definition) is 4. The van der Waals surface area contributed by atoms with E-state index in [0.717, 1.165) is 19.5 Å². The molecule has 1 amide bonds. The molecule has 0 radical (unpaired) electrons. The maximum atomic E-state index is 12.5. The SMILES string of the molecule is CC(=O)N1CCCN(CCS(=O)(=O)c2cc(Cl)ccc2Cl)CC1. The predicted molar refractivity (Wildman–Crippen MR) is 91.8 cm³/mol. The monoisotopic (exact) mass is 378 g/mol.